The Kier molecular flexibility index (Phi) is 3.58. The molecule has 5 aliphatic rings. The summed E-state index contributed by atoms with van der Waals surface area (Å²) in [4.78, 5) is 39.5. The van der Waals surface area contributed by atoms with Crippen LogP contribution >= 0.6 is 0 Å². The van der Waals surface area contributed by atoms with Gasteiger partial charge in [0.2, 0.25) is 17.7 Å². The largest absolute Gasteiger partial charge is 0.326 e. The molecule has 0 unspecified atom stereocenters. The molecule has 0 spiro atoms. The summed E-state index contributed by atoms with van der Waals surface area (Å²) in [6.45, 7) is 4.15. The Balaban J connectivity index is 1.25. The zero-order valence-corrected chi connectivity index (χ0v) is 15.6. The zero-order valence-electron chi connectivity index (χ0n) is 15.6. The molecule has 6 rings (SSSR count). The van der Waals surface area contributed by atoms with Crippen molar-refractivity contribution in [1.29, 1.82) is 0 Å². The van der Waals surface area contributed by atoms with Gasteiger partial charge in [-0.2, -0.15) is 0 Å². The Labute approximate surface area is 158 Å². The minimum absolute atomic E-state index is 0.0612. The lowest BCUT2D eigenvalue weighted by atomic mass is 9.63. The van der Waals surface area contributed by atoms with E-state index in [0.29, 0.717) is 11.8 Å². The Bertz CT molecular complexity index is 833. The van der Waals surface area contributed by atoms with E-state index in [1.54, 1.807) is 0 Å². The van der Waals surface area contributed by atoms with Gasteiger partial charge in [0.15, 0.2) is 0 Å². The summed E-state index contributed by atoms with van der Waals surface area (Å²) in [6.07, 6.45) is 5.64. The Hall–Kier alpha value is -2.43. The van der Waals surface area contributed by atoms with Crippen LogP contribution in [-0.4, -0.2) is 29.2 Å². The number of allylic oxidation sites excluding steroid dienone is 2. The Morgan fingerprint density at radius 2 is 1.56 bits per heavy atom. The van der Waals surface area contributed by atoms with Crippen molar-refractivity contribution in [1.82, 2.24) is 4.90 Å². The number of aryl methyl sites for hydroxylation is 2. The zero-order chi connectivity index (χ0) is 18.9. The third-order valence-corrected chi connectivity index (χ3v) is 6.82. The molecule has 27 heavy (non-hydrogen) atoms. The molecule has 1 aromatic rings. The maximum Gasteiger partial charge on any atom is 0.233 e. The molecule has 5 nitrogen and oxygen atoms in total. The van der Waals surface area contributed by atoms with Crippen LogP contribution in [0.2, 0.25) is 0 Å². The number of imide groups is 1. The summed E-state index contributed by atoms with van der Waals surface area (Å²) in [5, 5.41) is 2.88. The smallest absolute Gasteiger partial charge is 0.233 e. The van der Waals surface area contributed by atoms with Gasteiger partial charge in [0.25, 0.3) is 0 Å². The topological polar surface area (TPSA) is 66.5 Å². The average molecular weight is 364 g/mol. The second kappa shape index (κ2) is 5.78. The molecule has 1 N–H and O–H groups in total. The second-order valence-corrected chi connectivity index (χ2v) is 8.66. The van der Waals surface area contributed by atoms with Crippen LogP contribution in [-0.2, 0) is 14.4 Å². The molecule has 1 aliphatic heterocycles. The van der Waals surface area contributed by atoms with Crippen molar-refractivity contribution < 1.29 is 14.4 Å². The first-order chi connectivity index (χ1) is 12.9. The van der Waals surface area contributed by atoms with Gasteiger partial charge in [0.1, 0.15) is 0 Å². The van der Waals surface area contributed by atoms with Crippen LogP contribution in [0.25, 0.3) is 0 Å². The number of hydrogen-bond acceptors (Lipinski definition) is 3. The van der Waals surface area contributed by atoms with Crippen molar-refractivity contribution in [3.63, 3.8) is 0 Å². The van der Waals surface area contributed by atoms with Crippen LogP contribution in [0.5, 0.6) is 0 Å². The molecule has 6 atom stereocenters. The third-order valence-electron chi connectivity index (χ3n) is 6.82. The number of likely N-dealkylation sites (tertiary alicyclic amines) is 1. The average Bonchev–Trinajstić information content (AvgIpc) is 3.38. The molecule has 0 radical (unpaired) electrons. The fourth-order valence-corrected chi connectivity index (χ4v) is 5.72. The second-order valence-electron chi connectivity index (χ2n) is 8.66. The number of anilines is 1. The van der Waals surface area contributed by atoms with E-state index < -0.39 is 0 Å². The third kappa shape index (κ3) is 2.55. The first-order valence-corrected chi connectivity index (χ1v) is 9.86. The van der Waals surface area contributed by atoms with Gasteiger partial charge in [-0.05, 0) is 67.2 Å². The van der Waals surface area contributed by atoms with Crippen molar-refractivity contribution in [2.45, 2.75) is 26.7 Å². The van der Waals surface area contributed by atoms with Gasteiger partial charge in [0.05, 0.1) is 11.8 Å². The SMILES string of the molecule is Cc1cc(C)cc(NC(=O)CCN2C(=O)[C@@H]3[C@H]4C=C[C@@H]([C@@H]5C[C@@H]45)[C@H]3C2=O)c1. The molecular formula is C22H24N2O3. The summed E-state index contributed by atoms with van der Waals surface area (Å²) >= 11 is 0. The number of benzene rings is 1. The van der Waals surface area contributed by atoms with Gasteiger partial charge in [-0.15, -0.1) is 0 Å². The lowest BCUT2D eigenvalue weighted by Gasteiger charge is -2.37. The van der Waals surface area contributed by atoms with Crippen molar-refractivity contribution in [3.8, 4) is 0 Å². The van der Waals surface area contributed by atoms with Gasteiger partial charge >= 0.3 is 0 Å². The van der Waals surface area contributed by atoms with E-state index in [9.17, 15) is 14.4 Å². The van der Waals surface area contributed by atoms with E-state index in [2.05, 4.69) is 17.5 Å². The lowest BCUT2D eigenvalue weighted by molar-refractivity contribution is -0.140. The molecule has 3 fully saturated rings. The number of nitrogens with one attached hydrogen (secondary N) is 1. The maximum atomic E-state index is 12.9. The number of hydrogen-bond donors (Lipinski definition) is 1. The quantitative estimate of drug-likeness (QED) is 0.660. The Morgan fingerprint density at radius 3 is 2.11 bits per heavy atom. The van der Waals surface area contributed by atoms with Gasteiger partial charge in [-0.25, -0.2) is 0 Å². The minimum atomic E-state index is -0.182. The van der Waals surface area contributed by atoms with Crippen LogP contribution in [0.4, 0.5) is 5.69 Å². The summed E-state index contributed by atoms with van der Waals surface area (Å²) in [7, 11) is 0. The van der Waals surface area contributed by atoms with E-state index in [0.717, 1.165) is 23.2 Å². The first kappa shape index (κ1) is 16.7. The molecule has 1 heterocycles. The van der Waals surface area contributed by atoms with E-state index in [1.165, 1.54) is 4.90 Å². The highest BCUT2D eigenvalue weighted by atomic mass is 16.2. The van der Waals surface area contributed by atoms with Crippen molar-refractivity contribution in [2.24, 2.45) is 35.5 Å². The lowest BCUT2D eigenvalue weighted by Crippen LogP contribution is -2.40. The highest BCUT2D eigenvalue weighted by molar-refractivity contribution is 6.06. The van der Waals surface area contributed by atoms with Crippen molar-refractivity contribution >= 4 is 23.4 Å². The van der Waals surface area contributed by atoms with E-state index in [1.807, 2.05) is 32.0 Å². The fraction of sp³-hybridized carbons (Fsp3) is 0.500. The van der Waals surface area contributed by atoms with Gasteiger partial charge in [-0.3, -0.25) is 19.3 Å². The molecule has 2 bridgehead atoms. The predicted octanol–water partition coefficient (Wildman–Crippen LogP) is 2.69. The monoisotopic (exact) mass is 364 g/mol. The van der Waals surface area contributed by atoms with Crippen LogP contribution in [0, 0.1) is 49.4 Å². The van der Waals surface area contributed by atoms with Crippen molar-refractivity contribution in [3.05, 3.63) is 41.5 Å². The van der Waals surface area contributed by atoms with Gasteiger partial charge in [0, 0.05) is 18.7 Å². The highest BCUT2D eigenvalue weighted by Crippen LogP contribution is 2.65. The standard InChI is InChI=1S/C22H24N2O3/c1-11-7-12(2)9-13(8-11)23-18(25)5-6-24-21(26)19-14-3-4-15(17-10-16(14)17)20(19)22(24)27/h3-4,7-9,14-17,19-20H,5-6,10H2,1-2H3,(H,23,25)/t14-,15-,16-,17-,19+,20+/m0/s1. The summed E-state index contributed by atoms with van der Waals surface area (Å²) in [6, 6.07) is 5.88. The van der Waals surface area contributed by atoms with Crippen molar-refractivity contribution in [2.75, 3.05) is 11.9 Å². The molecule has 4 aliphatic carbocycles. The molecule has 1 saturated heterocycles. The molecule has 140 valence electrons. The number of carbonyl (C=O) groups is 3. The predicted molar refractivity (Wildman–Crippen MR) is 101 cm³/mol. The Morgan fingerprint density at radius 1 is 1.00 bits per heavy atom. The van der Waals surface area contributed by atoms with Crippen LogP contribution < -0.4 is 5.32 Å². The van der Waals surface area contributed by atoms with Crippen LogP contribution in [0.3, 0.4) is 0 Å². The van der Waals surface area contributed by atoms with Gasteiger partial charge in [-0.1, -0.05) is 18.2 Å². The maximum absolute atomic E-state index is 12.9. The van der Waals surface area contributed by atoms with Crippen LogP contribution in [0.15, 0.2) is 30.4 Å². The number of nitrogens with zero attached hydrogens (tertiary/aromatic N) is 1. The summed E-state index contributed by atoms with van der Waals surface area (Å²) in [5.74, 6) is 1.02. The van der Waals surface area contributed by atoms with Crippen LogP contribution in [0.1, 0.15) is 24.0 Å². The van der Waals surface area contributed by atoms with E-state index >= 15 is 0 Å². The minimum Gasteiger partial charge on any atom is -0.326 e. The van der Waals surface area contributed by atoms with Gasteiger partial charge < -0.3 is 5.32 Å². The number of amides is 3. The molecule has 1 aromatic carbocycles. The normalized spacial score (nSPS) is 35.3. The molecule has 3 amide bonds. The van der Waals surface area contributed by atoms with E-state index in [-0.39, 0.29) is 54.4 Å². The molecule has 5 heteroatoms. The molecule has 0 aromatic heterocycles. The first-order valence-electron chi connectivity index (χ1n) is 9.86. The van der Waals surface area contributed by atoms with E-state index in [4.69, 9.17) is 0 Å². The summed E-state index contributed by atoms with van der Waals surface area (Å²) in [5.41, 5.74) is 2.93. The summed E-state index contributed by atoms with van der Waals surface area (Å²) < 4.78 is 0. The number of carbonyl (C=O) groups excluding carboxylic acids is 3. The fourth-order valence-electron chi connectivity index (χ4n) is 5.72. The molecular weight excluding hydrogens is 340 g/mol. The number of rotatable bonds is 4. The molecule has 2 saturated carbocycles. The highest BCUT2D eigenvalue weighted by Gasteiger charge is 2.66.